The molecule has 24 heavy (non-hydrogen) atoms. The summed E-state index contributed by atoms with van der Waals surface area (Å²) in [5.41, 5.74) is 0.319. The average molecular weight is 321 g/mol. The van der Waals surface area contributed by atoms with E-state index in [0.717, 1.165) is 48.6 Å². The Bertz CT molecular complexity index is 767. The zero-order valence-corrected chi connectivity index (χ0v) is 14.1. The van der Waals surface area contributed by atoms with Crippen molar-refractivity contribution in [2.45, 2.75) is 37.6 Å². The number of nitriles is 1. The Balaban J connectivity index is 1.71. The van der Waals surface area contributed by atoms with E-state index in [-0.39, 0.29) is 12.5 Å². The van der Waals surface area contributed by atoms with Gasteiger partial charge < -0.3 is 10.2 Å². The van der Waals surface area contributed by atoms with Crippen LogP contribution in [0.4, 0.5) is 5.69 Å². The molecule has 0 aromatic heterocycles. The Labute approximate surface area is 143 Å². The summed E-state index contributed by atoms with van der Waals surface area (Å²) >= 11 is 0. The fourth-order valence-electron chi connectivity index (χ4n) is 3.57. The molecule has 4 heteroatoms. The van der Waals surface area contributed by atoms with Crippen LogP contribution in [0, 0.1) is 11.3 Å². The van der Waals surface area contributed by atoms with Crippen molar-refractivity contribution in [1.29, 1.82) is 5.26 Å². The fraction of sp³-hybridized carbons (Fsp3) is 0.400. The highest BCUT2D eigenvalue weighted by molar-refractivity contribution is 5.95. The molecule has 1 N–H and O–H groups in total. The summed E-state index contributed by atoms with van der Waals surface area (Å²) in [4.78, 5) is 14.3. The van der Waals surface area contributed by atoms with Gasteiger partial charge in [0.1, 0.15) is 5.54 Å². The lowest BCUT2D eigenvalue weighted by Gasteiger charge is -2.39. The smallest absolute Gasteiger partial charge is 0.242 e. The number of nitrogens with one attached hydrogen (secondary N) is 1. The summed E-state index contributed by atoms with van der Waals surface area (Å²) in [5.74, 6) is -0.0358. The van der Waals surface area contributed by atoms with Crippen molar-refractivity contribution in [3.63, 3.8) is 0 Å². The Hall–Kier alpha value is -2.54. The molecule has 1 fully saturated rings. The lowest BCUT2D eigenvalue weighted by molar-refractivity contribution is -0.132. The first-order chi connectivity index (χ1) is 11.7. The number of fused-ring (bicyclic) bond motifs is 1. The van der Waals surface area contributed by atoms with Crippen LogP contribution in [0.3, 0.4) is 0 Å². The molecular weight excluding hydrogens is 298 g/mol. The number of hydrogen-bond acceptors (Lipinski definition) is 3. The van der Waals surface area contributed by atoms with Gasteiger partial charge >= 0.3 is 0 Å². The number of carbonyl (C=O) groups is 1. The monoisotopic (exact) mass is 321 g/mol. The van der Waals surface area contributed by atoms with E-state index in [0.29, 0.717) is 0 Å². The fourth-order valence-corrected chi connectivity index (χ4v) is 3.57. The molecule has 124 valence electrons. The van der Waals surface area contributed by atoms with Gasteiger partial charge in [0.25, 0.3) is 0 Å². The number of anilines is 1. The second-order valence-electron chi connectivity index (χ2n) is 6.54. The molecule has 1 aliphatic carbocycles. The standard InChI is InChI=1S/C20H23N3O/c1-23(20(15-21)12-5-2-6-13-20)19(24)14-22-18-11-7-9-16-8-3-4-10-17(16)18/h3-4,7-11,22H,2,5-6,12-14H2,1H3. The summed E-state index contributed by atoms with van der Waals surface area (Å²) < 4.78 is 0. The maximum absolute atomic E-state index is 12.6. The minimum Gasteiger partial charge on any atom is -0.376 e. The van der Waals surface area contributed by atoms with Gasteiger partial charge in [-0.3, -0.25) is 4.79 Å². The molecule has 4 nitrogen and oxygen atoms in total. The third-order valence-electron chi connectivity index (χ3n) is 5.12. The van der Waals surface area contributed by atoms with E-state index in [1.165, 1.54) is 0 Å². The first-order valence-corrected chi connectivity index (χ1v) is 8.56. The predicted molar refractivity (Wildman–Crippen MR) is 96.6 cm³/mol. The molecule has 1 amide bonds. The molecule has 1 saturated carbocycles. The van der Waals surface area contributed by atoms with Gasteiger partial charge in [-0.2, -0.15) is 5.26 Å². The summed E-state index contributed by atoms with van der Waals surface area (Å²) in [6, 6.07) is 16.5. The highest BCUT2D eigenvalue weighted by Gasteiger charge is 2.38. The second-order valence-corrected chi connectivity index (χ2v) is 6.54. The van der Waals surface area contributed by atoms with Crippen molar-refractivity contribution in [2.75, 3.05) is 18.9 Å². The Morgan fingerprint density at radius 2 is 1.88 bits per heavy atom. The molecule has 0 unspecified atom stereocenters. The van der Waals surface area contributed by atoms with Crippen LogP contribution in [0.15, 0.2) is 42.5 Å². The minimum absolute atomic E-state index is 0.0358. The van der Waals surface area contributed by atoms with E-state index in [4.69, 9.17) is 0 Å². The van der Waals surface area contributed by atoms with Crippen LogP contribution >= 0.6 is 0 Å². The number of amides is 1. The van der Waals surface area contributed by atoms with Gasteiger partial charge in [-0.1, -0.05) is 55.7 Å². The number of hydrogen-bond donors (Lipinski definition) is 1. The van der Waals surface area contributed by atoms with E-state index in [1.807, 2.05) is 30.3 Å². The van der Waals surface area contributed by atoms with Crippen LogP contribution in [0.5, 0.6) is 0 Å². The number of rotatable bonds is 4. The van der Waals surface area contributed by atoms with Crippen molar-refractivity contribution in [1.82, 2.24) is 4.90 Å². The number of benzene rings is 2. The summed E-state index contributed by atoms with van der Waals surface area (Å²) in [5, 5.41) is 15.1. The number of carbonyl (C=O) groups excluding carboxylic acids is 1. The maximum atomic E-state index is 12.6. The van der Waals surface area contributed by atoms with Crippen LogP contribution in [0.25, 0.3) is 10.8 Å². The summed E-state index contributed by atoms with van der Waals surface area (Å²) in [6.07, 6.45) is 4.74. The highest BCUT2D eigenvalue weighted by Crippen LogP contribution is 2.32. The van der Waals surface area contributed by atoms with E-state index >= 15 is 0 Å². The van der Waals surface area contributed by atoms with Crippen molar-refractivity contribution in [3.05, 3.63) is 42.5 Å². The average Bonchev–Trinajstić information content (AvgIpc) is 2.66. The molecule has 0 aliphatic heterocycles. The lowest BCUT2D eigenvalue weighted by Crippen LogP contribution is -2.51. The molecule has 0 bridgehead atoms. The summed E-state index contributed by atoms with van der Waals surface area (Å²) in [7, 11) is 1.77. The Morgan fingerprint density at radius 3 is 2.62 bits per heavy atom. The van der Waals surface area contributed by atoms with Gasteiger partial charge in [-0.25, -0.2) is 0 Å². The van der Waals surface area contributed by atoms with Crippen molar-refractivity contribution in [3.8, 4) is 6.07 Å². The number of likely N-dealkylation sites (N-methyl/N-ethyl adjacent to an activating group) is 1. The summed E-state index contributed by atoms with van der Waals surface area (Å²) in [6.45, 7) is 0.202. The Kier molecular flexibility index (Phi) is 4.71. The van der Waals surface area contributed by atoms with Crippen molar-refractivity contribution in [2.24, 2.45) is 0 Å². The molecule has 0 atom stereocenters. The molecule has 2 aromatic carbocycles. The Morgan fingerprint density at radius 1 is 1.17 bits per heavy atom. The van der Waals surface area contributed by atoms with Gasteiger partial charge in [0.2, 0.25) is 5.91 Å². The maximum Gasteiger partial charge on any atom is 0.242 e. The molecule has 2 aromatic rings. The quantitative estimate of drug-likeness (QED) is 0.928. The van der Waals surface area contributed by atoms with Gasteiger partial charge in [0.05, 0.1) is 12.6 Å². The zero-order valence-electron chi connectivity index (χ0n) is 14.1. The normalized spacial score (nSPS) is 16.3. The van der Waals surface area contributed by atoms with E-state index in [9.17, 15) is 10.1 Å². The lowest BCUT2D eigenvalue weighted by atomic mass is 9.81. The third kappa shape index (κ3) is 3.07. The van der Waals surface area contributed by atoms with Gasteiger partial charge in [-0.15, -0.1) is 0 Å². The highest BCUT2D eigenvalue weighted by atomic mass is 16.2. The minimum atomic E-state index is -0.629. The van der Waals surface area contributed by atoms with Gasteiger partial charge in [0, 0.05) is 18.1 Å². The predicted octanol–water partition coefficient (Wildman–Crippen LogP) is 3.94. The van der Waals surface area contributed by atoms with Crippen LogP contribution in [0.2, 0.25) is 0 Å². The largest absolute Gasteiger partial charge is 0.376 e. The third-order valence-corrected chi connectivity index (χ3v) is 5.12. The van der Waals surface area contributed by atoms with Crippen LogP contribution in [-0.2, 0) is 4.79 Å². The van der Waals surface area contributed by atoms with Crippen molar-refractivity contribution < 1.29 is 4.79 Å². The SMILES string of the molecule is CN(C(=O)CNc1cccc2ccccc12)C1(C#N)CCCCC1. The molecule has 1 aliphatic rings. The van der Waals surface area contributed by atoms with Crippen molar-refractivity contribution >= 4 is 22.4 Å². The van der Waals surface area contributed by atoms with E-state index < -0.39 is 5.54 Å². The molecule has 0 radical (unpaired) electrons. The molecule has 0 heterocycles. The van der Waals surface area contributed by atoms with Crippen LogP contribution in [-0.4, -0.2) is 29.9 Å². The van der Waals surface area contributed by atoms with Gasteiger partial charge in [0.15, 0.2) is 0 Å². The van der Waals surface area contributed by atoms with Crippen LogP contribution in [0.1, 0.15) is 32.1 Å². The molecule has 0 spiro atoms. The zero-order chi connectivity index (χ0) is 17.0. The topological polar surface area (TPSA) is 56.1 Å². The number of nitrogens with zero attached hydrogens (tertiary/aromatic N) is 2. The first kappa shape index (κ1) is 16.3. The molecular formula is C20H23N3O. The van der Waals surface area contributed by atoms with Gasteiger partial charge in [-0.05, 0) is 24.3 Å². The van der Waals surface area contributed by atoms with Crippen LogP contribution < -0.4 is 5.32 Å². The first-order valence-electron chi connectivity index (χ1n) is 8.56. The van der Waals surface area contributed by atoms with E-state index in [2.05, 4.69) is 23.5 Å². The second kappa shape index (κ2) is 6.92. The molecule has 3 rings (SSSR count). The molecule has 0 saturated heterocycles. The van der Waals surface area contributed by atoms with E-state index in [1.54, 1.807) is 11.9 Å².